The standard InChI is InChI=1S/C14H25NO3S.C2HF3O2/c1-4-18-14(17)13(9-19-11(3)16)10(2)12-5-7-15-8-6-12;3-2(4,5)1(6)7/h10,12-13,15H,4-9H2,1-3H3;(H,6,7). The summed E-state index contributed by atoms with van der Waals surface area (Å²) in [5.74, 6) is -1.72. The maximum absolute atomic E-state index is 12.1. The van der Waals surface area contributed by atoms with Crippen molar-refractivity contribution in [2.45, 2.75) is 39.8 Å². The molecular weight excluding hydrogens is 375 g/mol. The van der Waals surface area contributed by atoms with Crippen molar-refractivity contribution >= 4 is 28.8 Å². The zero-order valence-corrected chi connectivity index (χ0v) is 15.9. The minimum atomic E-state index is -5.08. The van der Waals surface area contributed by atoms with Gasteiger partial charge in [0.1, 0.15) is 0 Å². The molecule has 152 valence electrons. The first-order valence-corrected chi connectivity index (χ1v) is 9.30. The van der Waals surface area contributed by atoms with Crippen LogP contribution in [0, 0.1) is 17.8 Å². The number of nitrogens with one attached hydrogen (secondary N) is 1. The third-order valence-electron chi connectivity index (χ3n) is 4.06. The SMILES string of the molecule is CCOC(=O)C(CSC(C)=O)C(C)C1CCNCC1.O=C(O)C(F)(F)F. The van der Waals surface area contributed by atoms with Crippen LogP contribution >= 0.6 is 11.8 Å². The number of halogens is 3. The number of carboxylic acid groups (broad SMARTS) is 1. The first-order valence-electron chi connectivity index (χ1n) is 8.31. The van der Waals surface area contributed by atoms with E-state index >= 15 is 0 Å². The monoisotopic (exact) mass is 401 g/mol. The van der Waals surface area contributed by atoms with Gasteiger partial charge in [0, 0.05) is 12.7 Å². The molecule has 0 radical (unpaired) electrons. The van der Waals surface area contributed by atoms with Crippen molar-refractivity contribution in [2.24, 2.45) is 17.8 Å². The number of rotatable bonds is 6. The maximum Gasteiger partial charge on any atom is 0.490 e. The van der Waals surface area contributed by atoms with E-state index in [1.807, 2.05) is 6.92 Å². The van der Waals surface area contributed by atoms with E-state index in [1.54, 1.807) is 6.92 Å². The van der Waals surface area contributed by atoms with Crippen molar-refractivity contribution in [1.82, 2.24) is 5.32 Å². The van der Waals surface area contributed by atoms with Gasteiger partial charge >= 0.3 is 18.1 Å². The van der Waals surface area contributed by atoms with Crippen molar-refractivity contribution in [3.8, 4) is 0 Å². The van der Waals surface area contributed by atoms with Crippen molar-refractivity contribution in [2.75, 3.05) is 25.4 Å². The Labute approximate surface area is 155 Å². The number of piperidine rings is 1. The highest BCUT2D eigenvalue weighted by Crippen LogP contribution is 2.31. The van der Waals surface area contributed by atoms with E-state index in [4.69, 9.17) is 14.6 Å². The Kier molecular flexibility index (Phi) is 11.6. The summed E-state index contributed by atoms with van der Waals surface area (Å²) in [4.78, 5) is 32.1. The van der Waals surface area contributed by atoms with Gasteiger partial charge < -0.3 is 15.2 Å². The molecule has 0 aromatic carbocycles. The zero-order chi connectivity index (χ0) is 20.3. The fourth-order valence-electron chi connectivity index (χ4n) is 2.59. The minimum absolute atomic E-state index is 0.0619. The van der Waals surface area contributed by atoms with Crippen molar-refractivity contribution < 1.29 is 37.4 Å². The molecular formula is C16H26F3NO5S. The van der Waals surface area contributed by atoms with Crippen LogP contribution in [0.3, 0.4) is 0 Å². The zero-order valence-electron chi connectivity index (χ0n) is 15.1. The Balaban J connectivity index is 0.000000758. The second-order valence-electron chi connectivity index (χ2n) is 5.91. The van der Waals surface area contributed by atoms with Crippen LogP contribution in [0.1, 0.15) is 33.6 Å². The van der Waals surface area contributed by atoms with Crippen LogP contribution in [-0.2, 0) is 19.1 Å². The molecule has 0 aromatic heterocycles. The number of hydrogen-bond donors (Lipinski definition) is 2. The molecule has 1 heterocycles. The van der Waals surface area contributed by atoms with E-state index in [1.165, 1.54) is 11.8 Å². The number of alkyl halides is 3. The average Bonchev–Trinajstić information content (AvgIpc) is 2.55. The Morgan fingerprint density at radius 1 is 1.27 bits per heavy atom. The fourth-order valence-corrected chi connectivity index (χ4v) is 3.44. The van der Waals surface area contributed by atoms with E-state index in [0.29, 0.717) is 18.3 Å². The summed E-state index contributed by atoms with van der Waals surface area (Å²) in [5, 5.41) is 10.5. The van der Waals surface area contributed by atoms with Crippen LogP contribution in [0.2, 0.25) is 0 Å². The van der Waals surface area contributed by atoms with Crippen molar-refractivity contribution in [3.05, 3.63) is 0 Å². The molecule has 0 aromatic rings. The molecule has 0 saturated carbocycles. The largest absolute Gasteiger partial charge is 0.490 e. The highest BCUT2D eigenvalue weighted by atomic mass is 32.2. The molecule has 26 heavy (non-hydrogen) atoms. The predicted octanol–water partition coefficient (Wildman–Crippen LogP) is 2.71. The van der Waals surface area contributed by atoms with Crippen molar-refractivity contribution in [3.63, 3.8) is 0 Å². The molecule has 0 spiro atoms. The van der Waals surface area contributed by atoms with Gasteiger partial charge in [-0.3, -0.25) is 9.59 Å². The summed E-state index contributed by atoms with van der Waals surface area (Å²) < 4.78 is 36.9. The number of carbonyl (C=O) groups excluding carboxylic acids is 2. The van der Waals surface area contributed by atoms with Crippen LogP contribution in [0.25, 0.3) is 0 Å². The third-order valence-corrected chi connectivity index (χ3v) is 4.99. The first-order chi connectivity index (χ1) is 12.0. The molecule has 0 aliphatic carbocycles. The van der Waals surface area contributed by atoms with Gasteiger partial charge in [0.15, 0.2) is 5.12 Å². The first kappa shape index (κ1) is 24.7. The lowest BCUT2D eigenvalue weighted by Gasteiger charge is -2.32. The molecule has 2 atom stereocenters. The number of carbonyl (C=O) groups is 3. The summed E-state index contributed by atoms with van der Waals surface area (Å²) in [6.07, 6.45) is -2.89. The number of thioether (sulfide) groups is 1. The molecule has 1 rings (SSSR count). The Hall–Kier alpha value is -1.29. The van der Waals surface area contributed by atoms with Gasteiger partial charge in [-0.2, -0.15) is 13.2 Å². The lowest BCUT2D eigenvalue weighted by Crippen LogP contribution is -2.37. The second kappa shape index (κ2) is 12.2. The molecule has 0 amide bonds. The highest BCUT2D eigenvalue weighted by molar-refractivity contribution is 8.13. The van der Waals surface area contributed by atoms with Gasteiger partial charge in [-0.15, -0.1) is 0 Å². The summed E-state index contributed by atoms with van der Waals surface area (Å²) in [7, 11) is 0. The minimum Gasteiger partial charge on any atom is -0.475 e. The summed E-state index contributed by atoms with van der Waals surface area (Å²) in [6.45, 7) is 7.93. The lowest BCUT2D eigenvalue weighted by atomic mass is 9.79. The Bertz CT molecular complexity index is 467. The van der Waals surface area contributed by atoms with E-state index in [2.05, 4.69) is 12.2 Å². The number of aliphatic carboxylic acids is 1. The van der Waals surface area contributed by atoms with Crippen molar-refractivity contribution in [1.29, 1.82) is 0 Å². The number of carboxylic acids is 1. The van der Waals surface area contributed by atoms with E-state index < -0.39 is 12.1 Å². The second-order valence-corrected chi connectivity index (χ2v) is 7.11. The van der Waals surface area contributed by atoms with Gasteiger partial charge in [-0.1, -0.05) is 18.7 Å². The average molecular weight is 401 g/mol. The van der Waals surface area contributed by atoms with Crippen LogP contribution in [0.15, 0.2) is 0 Å². The number of esters is 1. The van der Waals surface area contributed by atoms with Crippen LogP contribution in [0.4, 0.5) is 13.2 Å². The number of ether oxygens (including phenoxy) is 1. The van der Waals surface area contributed by atoms with Gasteiger partial charge in [-0.05, 0) is 44.7 Å². The van der Waals surface area contributed by atoms with Gasteiger partial charge in [0.25, 0.3) is 0 Å². The summed E-state index contributed by atoms with van der Waals surface area (Å²) >= 11 is 1.23. The Morgan fingerprint density at radius 2 is 1.77 bits per heavy atom. The molecule has 2 N–H and O–H groups in total. The smallest absolute Gasteiger partial charge is 0.475 e. The van der Waals surface area contributed by atoms with E-state index in [9.17, 15) is 22.8 Å². The molecule has 1 fully saturated rings. The quantitative estimate of drug-likeness (QED) is 0.661. The summed E-state index contributed by atoms with van der Waals surface area (Å²) in [6, 6.07) is 0. The molecule has 6 nitrogen and oxygen atoms in total. The topological polar surface area (TPSA) is 92.7 Å². The Morgan fingerprint density at radius 3 is 2.15 bits per heavy atom. The normalized spacial score (nSPS) is 17.5. The summed E-state index contributed by atoms with van der Waals surface area (Å²) in [5.41, 5.74) is 0. The molecule has 2 unspecified atom stereocenters. The number of hydrogen-bond acceptors (Lipinski definition) is 6. The molecule has 1 saturated heterocycles. The molecule has 1 aliphatic heterocycles. The van der Waals surface area contributed by atoms with Gasteiger partial charge in [0.05, 0.1) is 12.5 Å². The molecule has 10 heteroatoms. The lowest BCUT2D eigenvalue weighted by molar-refractivity contribution is -0.192. The predicted molar refractivity (Wildman–Crippen MR) is 91.7 cm³/mol. The maximum atomic E-state index is 12.1. The fraction of sp³-hybridized carbons (Fsp3) is 0.812. The van der Waals surface area contributed by atoms with Crippen LogP contribution in [-0.4, -0.2) is 53.8 Å². The van der Waals surface area contributed by atoms with Crippen LogP contribution < -0.4 is 5.32 Å². The third kappa shape index (κ3) is 10.0. The van der Waals surface area contributed by atoms with E-state index in [0.717, 1.165) is 25.9 Å². The van der Waals surface area contributed by atoms with E-state index in [-0.39, 0.29) is 22.9 Å². The van der Waals surface area contributed by atoms with Gasteiger partial charge in [-0.25, -0.2) is 4.79 Å². The van der Waals surface area contributed by atoms with Crippen LogP contribution in [0.5, 0.6) is 0 Å². The highest BCUT2D eigenvalue weighted by Gasteiger charge is 2.38. The molecule has 0 bridgehead atoms. The van der Waals surface area contributed by atoms with Gasteiger partial charge in [0.2, 0.25) is 0 Å². The molecule has 1 aliphatic rings.